The molecule has 0 radical (unpaired) electrons. The molecule has 4 heteroatoms. The summed E-state index contributed by atoms with van der Waals surface area (Å²) in [6.45, 7) is 2.83. The van der Waals surface area contributed by atoms with Crippen molar-refractivity contribution in [3.8, 4) is 0 Å². The zero-order chi connectivity index (χ0) is 9.52. The molecular formula is C9H18N2O2. The van der Waals surface area contributed by atoms with Crippen LogP contribution in [0.25, 0.3) is 0 Å². The molecule has 0 aliphatic carbocycles. The SMILES string of the molecule is O=[N+]([O-])CCN1CCCCCCC1. The second-order valence-corrected chi connectivity index (χ2v) is 3.67. The van der Waals surface area contributed by atoms with Gasteiger partial charge in [0, 0.05) is 4.92 Å². The van der Waals surface area contributed by atoms with E-state index in [-0.39, 0.29) is 11.5 Å². The van der Waals surface area contributed by atoms with Crippen molar-refractivity contribution in [2.45, 2.75) is 32.1 Å². The first-order chi connectivity index (χ1) is 6.29. The van der Waals surface area contributed by atoms with Crippen molar-refractivity contribution in [2.24, 2.45) is 0 Å². The van der Waals surface area contributed by atoms with E-state index in [1.54, 1.807) is 0 Å². The van der Waals surface area contributed by atoms with Crippen molar-refractivity contribution in [2.75, 3.05) is 26.2 Å². The lowest BCUT2D eigenvalue weighted by Gasteiger charge is -2.22. The fourth-order valence-electron chi connectivity index (χ4n) is 1.76. The molecule has 1 aliphatic rings. The van der Waals surface area contributed by atoms with Crippen LogP contribution in [0, 0.1) is 10.1 Å². The number of nitro groups is 1. The van der Waals surface area contributed by atoms with Gasteiger partial charge in [0.2, 0.25) is 6.54 Å². The molecule has 1 aliphatic heterocycles. The topological polar surface area (TPSA) is 46.4 Å². The molecule has 0 unspecified atom stereocenters. The summed E-state index contributed by atoms with van der Waals surface area (Å²) < 4.78 is 0. The molecular weight excluding hydrogens is 168 g/mol. The molecule has 4 nitrogen and oxygen atoms in total. The number of hydrogen-bond donors (Lipinski definition) is 0. The first-order valence-corrected chi connectivity index (χ1v) is 5.13. The summed E-state index contributed by atoms with van der Waals surface area (Å²) in [5.41, 5.74) is 0. The molecule has 76 valence electrons. The highest BCUT2D eigenvalue weighted by Gasteiger charge is 2.09. The minimum Gasteiger partial charge on any atom is -0.297 e. The highest BCUT2D eigenvalue weighted by molar-refractivity contribution is 4.61. The predicted molar refractivity (Wildman–Crippen MR) is 51.4 cm³/mol. The Labute approximate surface area is 79.1 Å². The van der Waals surface area contributed by atoms with Gasteiger partial charge in [-0.15, -0.1) is 0 Å². The van der Waals surface area contributed by atoms with Crippen molar-refractivity contribution >= 4 is 0 Å². The summed E-state index contributed by atoms with van der Waals surface area (Å²) in [7, 11) is 0. The van der Waals surface area contributed by atoms with Gasteiger partial charge in [-0.1, -0.05) is 19.3 Å². The zero-order valence-electron chi connectivity index (χ0n) is 8.07. The third-order valence-corrected chi connectivity index (χ3v) is 2.55. The van der Waals surface area contributed by atoms with E-state index in [0.717, 1.165) is 13.1 Å². The van der Waals surface area contributed by atoms with E-state index in [1.807, 2.05) is 0 Å². The van der Waals surface area contributed by atoms with Crippen LogP contribution in [-0.4, -0.2) is 36.0 Å². The van der Waals surface area contributed by atoms with Gasteiger partial charge < -0.3 is 0 Å². The molecule has 1 saturated heterocycles. The van der Waals surface area contributed by atoms with Gasteiger partial charge in [0.15, 0.2) is 0 Å². The maximum absolute atomic E-state index is 10.2. The van der Waals surface area contributed by atoms with Gasteiger partial charge in [0.1, 0.15) is 0 Å². The Hall–Kier alpha value is -0.640. The Bertz CT molecular complexity index is 154. The number of likely N-dealkylation sites (tertiary alicyclic amines) is 1. The second kappa shape index (κ2) is 5.91. The molecule has 1 fully saturated rings. The van der Waals surface area contributed by atoms with Crippen molar-refractivity contribution < 1.29 is 4.92 Å². The monoisotopic (exact) mass is 186 g/mol. The first kappa shape index (κ1) is 10.4. The molecule has 0 bridgehead atoms. The fraction of sp³-hybridized carbons (Fsp3) is 1.00. The Morgan fingerprint density at radius 3 is 2.15 bits per heavy atom. The van der Waals surface area contributed by atoms with E-state index in [0.29, 0.717) is 6.54 Å². The molecule has 0 aromatic heterocycles. The van der Waals surface area contributed by atoms with E-state index in [4.69, 9.17) is 0 Å². The summed E-state index contributed by atoms with van der Waals surface area (Å²) in [6, 6.07) is 0. The lowest BCUT2D eigenvalue weighted by molar-refractivity contribution is -0.480. The molecule has 1 heterocycles. The highest BCUT2D eigenvalue weighted by Crippen LogP contribution is 2.09. The van der Waals surface area contributed by atoms with Crippen LogP contribution in [0.1, 0.15) is 32.1 Å². The van der Waals surface area contributed by atoms with E-state index in [1.165, 1.54) is 32.1 Å². The molecule has 0 atom stereocenters. The summed E-state index contributed by atoms with van der Waals surface area (Å²) in [4.78, 5) is 12.2. The average molecular weight is 186 g/mol. The zero-order valence-corrected chi connectivity index (χ0v) is 8.07. The molecule has 0 aromatic rings. The van der Waals surface area contributed by atoms with Crippen LogP contribution < -0.4 is 0 Å². The van der Waals surface area contributed by atoms with E-state index >= 15 is 0 Å². The van der Waals surface area contributed by atoms with Gasteiger partial charge in [0.25, 0.3) is 0 Å². The van der Waals surface area contributed by atoms with Gasteiger partial charge in [-0.3, -0.25) is 15.0 Å². The quantitative estimate of drug-likeness (QED) is 0.496. The van der Waals surface area contributed by atoms with Gasteiger partial charge in [0.05, 0.1) is 6.54 Å². The van der Waals surface area contributed by atoms with Crippen LogP contribution in [0.4, 0.5) is 0 Å². The van der Waals surface area contributed by atoms with Crippen LogP contribution in [-0.2, 0) is 0 Å². The maximum atomic E-state index is 10.2. The predicted octanol–water partition coefficient (Wildman–Crippen LogP) is 1.53. The lowest BCUT2D eigenvalue weighted by atomic mass is 10.1. The largest absolute Gasteiger partial charge is 0.297 e. The molecule has 0 aromatic carbocycles. The van der Waals surface area contributed by atoms with Crippen molar-refractivity contribution in [1.29, 1.82) is 0 Å². The Balaban J connectivity index is 2.17. The molecule has 1 rings (SSSR count). The Kier molecular flexibility index (Phi) is 4.75. The Morgan fingerprint density at radius 1 is 1.08 bits per heavy atom. The summed E-state index contributed by atoms with van der Waals surface area (Å²) in [6.07, 6.45) is 6.32. The minimum absolute atomic E-state index is 0.0972. The molecule has 0 amide bonds. The van der Waals surface area contributed by atoms with E-state index in [2.05, 4.69) is 4.90 Å². The Morgan fingerprint density at radius 2 is 1.62 bits per heavy atom. The summed E-state index contributed by atoms with van der Waals surface area (Å²) in [5.74, 6) is 0. The number of hydrogen-bond acceptors (Lipinski definition) is 3. The fourth-order valence-corrected chi connectivity index (χ4v) is 1.76. The minimum atomic E-state index is -0.223. The van der Waals surface area contributed by atoms with Crippen LogP contribution in [0.5, 0.6) is 0 Å². The molecule has 0 spiro atoms. The standard InChI is InChI=1S/C9H18N2O2/c12-11(13)9-8-10-6-4-2-1-3-5-7-10/h1-9H2. The van der Waals surface area contributed by atoms with Gasteiger partial charge >= 0.3 is 0 Å². The second-order valence-electron chi connectivity index (χ2n) is 3.67. The van der Waals surface area contributed by atoms with E-state index in [9.17, 15) is 10.1 Å². The van der Waals surface area contributed by atoms with Crippen LogP contribution >= 0.6 is 0 Å². The van der Waals surface area contributed by atoms with Crippen LogP contribution in [0.2, 0.25) is 0 Å². The average Bonchev–Trinajstić information content (AvgIpc) is 2.01. The number of rotatable bonds is 3. The van der Waals surface area contributed by atoms with Crippen LogP contribution in [0.3, 0.4) is 0 Å². The van der Waals surface area contributed by atoms with Crippen molar-refractivity contribution in [3.63, 3.8) is 0 Å². The van der Waals surface area contributed by atoms with E-state index < -0.39 is 0 Å². The lowest BCUT2D eigenvalue weighted by Crippen LogP contribution is -2.31. The van der Waals surface area contributed by atoms with Crippen molar-refractivity contribution in [3.05, 3.63) is 10.1 Å². The molecule has 13 heavy (non-hydrogen) atoms. The van der Waals surface area contributed by atoms with Crippen molar-refractivity contribution in [1.82, 2.24) is 4.90 Å². The normalized spacial score (nSPS) is 20.6. The number of nitrogens with zero attached hydrogens (tertiary/aromatic N) is 2. The van der Waals surface area contributed by atoms with Gasteiger partial charge in [-0.2, -0.15) is 0 Å². The van der Waals surface area contributed by atoms with Gasteiger partial charge in [-0.25, -0.2) is 0 Å². The first-order valence-electron chi connectivity index (χ1n) is 5.13. The molecule has 0 N–H and O–H groups in total. The summed E-state index contributed by atoms with van der Waals surface area (Å²) >= 11 is 0. The summed E-state index contributed by atoms with van der Waals surface area (Å²) in [5, 5.41) is 10.2. The molecule has 0 saturated carbocycles. The van der Waals surface area contributed by atoms with Crippen LogP contribution in [0.15, 0.2) is 0 Å². The third kappa shape index (κ3) is 4.83. The third-order valence-electron chi connectivity index (χ3n) is 2.55. The smallest absolute Gasteiger partial charge is 0.216 e. The highest BCUT2D eigenvalue weighted by atomic mass is 16.6. The maximum Gasteiger partial charge on any atom is 0.216 e. The van der Waals surface area contributed by atoms with Gasteiger partial charge in [-0.05, 0) is 25.9 Å².